The first-order chi connectivity index (χ1) is 14.5. The number of anilines is 1. The summed E-state index contributed by atoms with van der Waals surface area (Å²) < 4.78 is 6.58. The highest BCUT2D eigenvalue weighted by Gasteiger charge is 2.20. The lowest BCUT2D eigenvalue weighted by molar-refractivity contribution is -0.116. The van der Waals surface area contributed by atoms with Crippen molar-refractivity contribution in [2.75, 3.05) is 5.32 Å². The summed E-state index contributed by atoms with van der Waals surface area (Å²) in [5, 5.41) is 6.29. The highest BCUT2D eigenvalue weighted by atomic mass is 35.5. The minimum Gasteiger partial charge on any atom is -0.408 e. The van der Waals surface area contributed by atoms with Crippen LogP contribution in [0, 0.1) is 0 Å². The van der Waals surface area contributed by atoms with E-state index >= 15 is 0 Å². The minimum absolute atomic E-state index is 0.0513. The van der Waals surface area contributed by atoms with Gasteiger partial charge in [-0.3, -0.25) is 14.2 Å². The number of oxazole rings is 1. The molecule has 0 saturated heterocycles. The second-order valence-corrected chi connectivity index (χ2v) is 7.87. The summed E-state index contributed by atoms with van der Waals surface area (Å²) in [6, 6.07) is 12.0. The third-order valence-electron chi connectivity index (χ3n) is 5.33. The number of benzene rings is 2. The summed E-state index contributed by atoms with van der Waals surface area (Å²) in [5.41, 5.74) is 1.84. The molecule has 0 radical (unpaired) electrons. The molecule has 2 N–H and O–H groups in total. The molecule has 0 spiro atoms. The van der Waals surface area contributed by atoms with Crippen LogP contribution in [0.1, 0.15) is 42.5 Å². The Morgan fingerprint density at radius 2 is 1.90 bits per heavy atom. The van der Waals surface area contributed by atoms with Gasteiger partial charge < -0.3 is 15.1 Å². The maximum atomic E-state index is 12.6. The maximum Gasteiger partial charge on any atom is 0.419 e. The highest BCUT2D eigenvalue weighted by molar-refractivity contribution is 6.31. The molecule has 8 heteroatoms. The van der Waals surface area contributed by atoms with Crippen molar-refractivity contribution in [2.24, 2.45) is 0 Å². The van der Waals surface area contributed by atoms with Crippen molar-refractivity contribution in [3.63, 3.8) is 0 Å². The number of carbonyl (C=O) groups is 2. The van der Waals surface area contributed by atoms with Gasteiger partial charge in [-0.25, -0.2) is 4.79 Å². The van der Waals surface area contributed by atoms with E-state index in [-0.39, 0.29) is 30.8 Å². The largest absolute Gasteiger partial charge is 0.419 e. The van der Waals surface area contributed by atoms with Gasteiger partial charge in [-0.15, -0.1) is 0 Å². The van der Waals surface area contributed by atoms with Gasteiger partial charge in [0.15, 0.2) is 5.58 Å². The van der Waals surface area contributed by atoms with Gasteiger partial charge in [-0.05, 0) is 37.1 Å². The summed E-state index contributed by atoms with van der Waals surface area (Å²) in [6.07, 6.45) is 4.27. The normalized spacial score (nSPS) is 14.2. The molecule has 3 aromatic rings. The van der Waals surface area contributed by atoms with Crippen LogP contribution >= 0.6 is 11.6 Å². The van der Waals surface area contributed by atoms with Crippen LogP contribution in [0.2, 0.25) is 5.02 Å². The molecule has 1 aromatic heterocycles. The van der Waals surface area contributed by atoms with Gasteiger partial charge >= 0.3 is 5.76 Å². The van der Waals surface area contributed by atoms with E-state index in [1.807, 2.05) is 0 Å². The van der Waals surface area contributed by atoms with E-state index in [2.05, 4.69) is 10.6 Å². The van der Waals surface area contributed by atoms with Crippen LogP contribution in [-0.4, -0.2) is 22.4 Å². The van der Waals surface area contributed by atoms with Crippen molar-refractivity contribution in [1.82, 2.24) is 9.88 Å². The van der Waals surface area contributed by atoms with Crippen molar-refractivity contribution >= 4 is 40.2 Å². The Morgan fingerprint density at radius 1 is 1.13 bits per heavy atom. The van der Waals surface area contributed by atoms with Crippen molar-refractivity contribution < 1.29 is 14.0 Å². The number of para-hydroxylation sites is 1. The lowest BCUT2D eigenvalue weighted by Crippen LogP contribution is -2.33. The first-order valence-electron chi connectivity index (χ1n) is 10.00. The van der Waals surface area contributed by atoms with E-state index in [1.165, 1.54) is 4.57 Å². The average molecular weight is 428 g/mol. The van der Waals surface area contributed by atoms with Crippen LogP contribution in [0.4, 0.5) is 5.69 Å². The maximum absolute atomic E-state index is 12.6. The summed E-state index contributed by atoms with van der Waals surface area (Å²) >= 11 is 5.92. The van der Waals surface area contributed by atoms with Gasteiger partial charge in [0.2, 0.25) is 5.91 Å². The molecule has 0 unspecified atom stereocenters. The first kappa shape index (κ1) is 20.2. The van der Waals surface area contributed by atoms with Gasteiger partial charge in [0.05, 0.1) is 16.8 Å². The zero-order chi connectivity index (χ0) is 21.1. The number of rotatable bonds is 6. The van der Waals surface area contributed by atoms with Crippen molar-refractivity contribution in [1.29, 1.82) is 0 Å². The van der Waals surface area contributed by atoms with Gasteiger partial charge in [0.1, 0.15) is 0 Å². The molecule has 0 atom stereocenters. The molecule has 1 aliphatic carbocycles. The van der Waals surface area contributed by atoms with E-state index in [4.69, 9.17) is 16.0 Å². The van der Waals surface area contributed by atoms with E-state index < -0.39 is 5.76 Å². The van der Waals surface area contributed by atoms with Crippen LogP contribution in [0.15, 0.2) is 51.7 Å². The quantitative estimate of drug-likeness (QED) is 0.622. The van der Waals surface area contributed by atoms with E-state index in [9.17, 15) is 14.4 Å². The average Bonchev–Trinajstić information content (AvgIpc) is 3.33. The number of hydrogen-bond donors (Lipinski definition) is 2. The van der Waals surface area contributed by atoms with Gasteiger partial charge in [-0.2, -0.15) is 0 Å². The van der Waals surface area contributed by atoms with Gasteiger partial charge in [0, 0.05) is 30.1 Å². The third-order valence-corrected chi connectivity index (χ3v) is 5.56. The molecule has 0 bridgehead atoms. The molecule has 0 aliphatic heterocycles. The highest BCUT2D eigenvalue weighted by Crippen LogP contribution is 2.21. The summed E-state index contributed by atoms with van der Waals surface area (Å²) in [4.78, 5) is 37.3. The zero-order valence-corrected chi connectivity index (χ0v) is 17.1. The molecular weight excluding hydrogens is 406 g/mol. The minimum atomic E-state index is -0.545. The zero-order valence-electron chi connectivity index (χ0n) is 16.3. The Balaban J connectivity index is 1.43. The second-order valence-electron chi connectivity index (χ2n) is 7.43. The Hall–Kier alpha value is -3.06. The SMILES string of the molecule is O=C(CCn1c(=O)oc2cc(Cl)ccc21)Nc1ccccc1C(=O)NC1CCCC1. The Labute approximate surface area is 178 Å². The molecule has 2 amide bonds. The predicted molar refractivity (Wildman–Crippen MR) is 115 cm³/mol. The number of aryl methyl sites for hydroxylation is 1. The molecule has 1 heterocycles. The molecule has 7 nitrogen and oxygen atoms in total. The number of fused-ring (bicyclic) bond motifs is 1. The topological polar surface area (TPSA) is 93.3 Å². The summed E-state index contributed by atoms with van der Waals surface area (Å²) in [5.74, 6) is -1.03. The van der Waals surface area contributed by atoms with Crippen molar-refractivity contribution in [2.45, 2.75) is 44.7 Å². The Kier molecular flexibility index (Phi) is 5.90. The van der Waals surface area contributed by atoms with E-state index in [1.54, 1.807) is 42.5 Å². The number of carbonyl (C=O) groups excluding carboxylic acids is 2. The molecular formula is C22H22ClN3O4. The van der Waals surface area contributed by atoms with Crippen LogP contribution in [0.25, 0.3) is 11.1 Å². The van der Waals surface area contributed by atoms with E-state index in [0.29, 0.717) is 27.4 Å². The fraction of sp³-hybridized carbons (Fsp3) is 0.318. The third kappa shape index (κ3) is 4.41. The van der Waals surface area contributed by atoms with Crippen LogP contribution in [-0.2, 0) is 11.3 Å². The molecule has 1 aliphatic rings. The standard InChI is InChI=1S/C22H22ClN3O4/c23-14-9-10-18-19(13-14)30-22(29)26(18)12-11-20(27)25-17-8-4-3-7-16(17)21(28)24-15-5-1-2-6-15/h3-4,7-10,13,15H,1-2,5-6,11-12H2,(H,24,28)(H,25,27). The summed E-state index contributed by atoms with van der Waals surface area (Å²) in [7, 11) is 0. The summed E-state index contributed by atoms with van der Waals surface area (Å²) in [6.45, 7) is 0.149. The van der Waals surface area contributed by atoms with Crippen LogP contribution < -0.4 is 16.4 Å². The lowest BCUT2D eigenvalue weighted by Gasteiger charge is -2.15. The number of hydrogen-bond acceptors (Lipinski definition) is 4. The van der Waals surface area contributed by atoms with Crippen LogP contribution in [0.3, 0.4) is 0 Å². The Bertz CT molecular complexity index is 1140. The Morgan fingerprint density at radius 3 is 2.70 bits per heavy atom. The number of halogens is 1. The first-order valence-corrected chi connectivity index (χ1v) is 10.4. The van der Waals surface area contributed by atoms with Gasteiger partial charge in [-0.1, -0.05) is 36.6 Å². The monoisotopic (exact) mass is 427 g/mol. The van der Waals surface area contributed by atoms with Crippen LogP contribution in [0.5, 0.6) is 0 Å². The van der Waals surface area contributed by atoms with Gasteiger partial charge in [0.25, 0.3) is 5.91 Å². The number of nitrogens with zero attached hydrogens (tertiary/aromatic N) is 1. The van der Waals surface area contributed by atoms with Crippen molar-refractivity contribution in [3.05, 3.63) is 63.6 Å². The van der Waals surface area contributed by atoms with E-state index in [0.717, 1.165) is 25.7 Å². The molecule has 30 heavy (non-hydrogen) atoms. The fourth-order valence-corrected chi connectivity index (χ4v) is 3.96. The smallest absolute Gasteiger partial charge is 0.408 e. The molecule has 1 saturated carbocycles. The molecule has 2 aromatic carbocycles. The number of aromatic nitrogens is 1. The second kappa shape index (κ2) is 8.75. The fourth-order valence-electron chi connectivity index (χ4n) is 3.80. The number of nitrogens with one attached hydrogen (secondary N) is 2. The number of amides is 2. The molecule has 1 fully saturated rings. The molecule has 156 valence electrons. The predicted octanol–water partition coefficient (Wildman–Crippen LogP) is 3.95. The lowest BCUT2D eigenvalue weighted by atomic mass is 10.1. The van der Waals surface area contributed by atoms with Crippen molar-refractivity contribution in [3.8, 4) is 0 Å². The molecule has 4 rings (SSSR count).